The molecule has 124 valence electrons. The fourth-order valence-electron chi connectivity index (χ4n) is 1.81. The monoisotopic (exact) mass is 347 g/mol. The number of carbonyl (C=O) groups excluding carboxylic acids is 2. The Labute approximate surface area is 141 Å². The van der Waals surface area contributed by atoms with E-state index in [0.717, 1.165) is 11.3 Å². The van der Waals surface area contributed by atoms with Crippen LogP contribution in [0.5, 0.6) is 0 Å². The highest BCUT2D eigenvalue weighted by Gasteiger charge is 2.18. The van der Waals surface area contributed by atoms with Crippen molar-refractivity contribution in [3.63, 3.8) is 0 Å². The zero-order chi connectivity index (χ0) is 17.5. The third-order valence-electron chi connectivity index (χ3n) is 2.97. The second-order valence-corrected chi connectivity index (χ2v) is 5.77. The first kappa shape index (κ1) is 17.6. The third-order valence-corrected chi connectivity index (χ3v) is 4.15. The van der Waals surface area contributed by atoms with Crippen LogP contribution in [0.1, 0.15) is 21.8 Å². The molecule has 0 saturated heterocycles. The number of ether oxygens (including phenoxy) is 1. The average molecular weight is 347 g/mol. The van der Waals surface area contributed by atoms with Gasteiger partial charge in [-0.1, -0.05) is 0 Å². The van der Waals surface area contributed by atoms with E-state index in [9.17, 15) is 14.0 Å². The summed E-state index contributed by atoms with van der Waals surface area (Å²) < 4.78 is 17.9. The molecule has 1 N–H and O–H groups in total. The normalized spacial score (nSPS) is 10.0. The highest BCUT2D eigenvalue weighted by atomic mass is 32.1. The average Bonchev–Trinajstić information content (AvgIpc) is 2.95. The number of thiazole rings is 1. The zero-order valence-corrected chi connectivity index (χ0v) is 13.7. The Bertz CT molecular complexity index is 781. The fourth-order valence-corrected chi connectivity index (χ4v) is 2.77. The molecule has 1 heterocycles. The topological polar surface area (TPSA) is 92.1 Å². The van der Waals surface area contributed by atoms with Gasteiger partial charge in [0.1, 0.15) is 15.7 Å². The second kappa shape index (κ2) is 8.17. The van der Waals surface area contributed by atoms with Crippen molar-refractivity contribution in [3.05, 3.63) is 40.7 Å². The van der Waals surface area contributed by atoms with Gasteiger partial charge in [0.15, 0.2) is 6.61 Å². The van der Waals surface area contributed by atoms with E-state index in [1.807, 2.05) is 6.07 Å². The fraction of sp³-hybridized carbons (Fsp3) is 0.250. The number of nitrogens with one attached hydrogen (secondary N) is 1. The number of halogens is 1. The predicted octanol–water partition coefficient (Wildman–Crippen LogP) is 2.44. The predicted molar refractivity (Wildman–Crippen MR) is 85.8 cm³/mol. The van der Waals surface area contributed by atoms with Gasteiger partial charge in [-0.2, -0.15) is 5.26 Å². The number of nitrogens with zero attached hydrogens (tertiary/aromatic N) is 2. The van der Waals surface area contributed by atoms with Gasteiger partial charge in [0, 0.05) is 12.1 Å². The highest BCUT2D eigenvalue weighted by molar-refractivity contribution is 7.17. The molecule has 0 saturated carbocycles. The first-order valence-electron chi connectivity index (χ1n) is 7.05. The SMILES string of the molecule is Cc1nc(-c2ccc(F)cc2)sc1C(=O)OCC(=O)NCCC#N. The second-order valence-electron chi connectivity index (χ2n) is 4.77. The van der Waals surface area contributed by atoms with E-state index in [-0.39, 0.29) is 18.8 Å². The maximum atomic E-state index is 13.0. The van der Waals surface area contributed by atoms with Gasteiger partial charge < -0.3 is 10.1 Å². The molecule has 0 fully saturated rings. The summed E-state index contributed by atoms with van der Waals surface area (Å²) in [6.45, 7) is 1.45. The summed E-state index contributed by atoms with van der Waals surface area (Å²) in [5.41, 5.74) is 1.17. The highest BCUT2D eigenvalue weighted by Crippen LogP contribution is 2.28. The molecule has 24 heavy (non-hydrogen) atoms. The minimum Gasteiger partial charge on any atom is -0.451 e. The number of nitriles is 1. The molecular formula is C16H14FN3O3S. The number of hydrogen-bond acceptors (Lipinski definition) is 6. The van der Waals surface area contributed by atoms with Crippen LogP contribution in [0.4, 0.5) is 4.39 Å². The van der Waals surface area contributed by atoms with Gasteiger partial charge in [-0.15, -0.1) is 11.3 Å². The molecule has 1 aromatic heterocycles. The van der Waals surface area contributed by atoms with Crippen LogP contribution in [0.25, 0.3) is 10.6 Å². The Morgan fingerprint density at radius 1 is 1.38 bits per heavy atom. The number of hydrogen-bond donors (Lipinski definition) is 1. The molecule has 1 amide bonds. The minimum absolute atomic E-state index is 0.189. The van der Waals surface area contributed by atoms with Crippen molar-refractivity contribution in [1.82, 2.24) is 10.3 Å². The summed E-state index contributed by atoms with van der Waals surface area (Å²) in [6.07, 6.45) is 0.189. The third kappa shape index (κ3) is 4.60. The number of benzene rings is 1. The summed E-state index contributed by atoms with van der Waals surface area (Å²) in [4.78, 5) is 28.1. The molecule has 2 aromatic rings. The number of carbonyl (C=O) groups is 2. The lowest BCUT2D eigenvalue weighted by molar-refractivity contribution is -0.124. The van der Waals surface area contributed by atoms with Gasteiger partial charge >= 0.3 is 5.97 Å². The van der Waals surface area contributed by atoms with Gasteiger partial charge in [-0.05, 0) is 31.2 Å². The first-order chi connectivity index (χ1) is 11.5. The van der Waals surface area contributed by atoms with Crippen molar-refractivity contribution < 1.29 is 18.7 Å². The van der Waals surface area contributed by atoms with Crippen LogP contribution in [0.2, 0.25) is 0 Å². The van der Waals surface area contributed by atoms with Crippen molar-refractivity contribution in [2.45, 2.75) is 13.3 Å². The molecule has 0 atom stereocenters. The van der Waals surface area contributed by atoms with Gasteiger partial charge in [0.25, 0.3) is 5.91 Å². The Hall–Kier alpha value is -2.79. The van der Waals surface area contributed by atoms with E-state index in [1.165, 1.54) is 12.1 Å². The molecule has 0 aliphatic carbocycles. The van der Waals surface area contributed by atoms with Gasteiger partial charge in [-0.3, -0.25) is 4.79 Å². The number of esters is 1. The lowest BCUT2D eigenvalue weighted by Gasteiger charge is -2.04. The molecule has 2 rings (SSSR count). The largest absolute Gasteiger partial charge is 0.451 e. The molecule has 6 nitrogen and oxygen atoms in total. The standard InChI is InChI=1S/C16H14FN3O3S/c1-10-14(16(22)23-9-13(21)19-8-2-7-18)24-15(20-10)11-3-5-12(17)6-4-11/h3-6H,2,8-9H2,1H3,(H,19,21). The Balaban J connectivity index is 1.99. The number of aryl methyl sites for hydroxylation is 1. The molecule has 0 unspecified atom stereocenters. The summed E-state index contributed by atoms with van der Waals surface area (Å²) in [5.74, 6) is -1.47. The van der Waals surface area contributed by atoms with Crippen LogP contribution in [-0.2, 0) is 9.53 Å². The summed E-state index contributed by atoms with van der Waals surface area (Å²) >= 11 is 1.12. The minimum atomic E-state index is -0.645. The van der Waals surface area contributed by atoms with Crippen molar-refractivity contribution in [2.24, 2.45) is 0 Å². The molecule has 0 aliphatic heterocycles. The number of rotatable bonds is 6. The van der Waals surface area contributed by atoms with Crippen molar-refractivity contribution >= 4 is 23.2 Å². The van der Waals surface area contributed by atoms with Crippen LogP contribution in [0, 0.1) is 24.1 Å². The summed E-state index contributed by atoms with van der Waals surface area (Å²) in [7, 11) is 0. The molecule has 0 radical (unpaired) electrons. The van der Waals surface area contributed by atoms with E-state index >= 15 is 0 Å². The lowest BCUT2D eigenvalue weighted by Crippen LogP contribution is -2.29. The van der Waals surface area contributed by atoms with E-state index in [2.05, 4.69) is 10.3 Å². The van der Waals surface area contributed by atoms with Crippen LogP contribution in [0.15, 0.2) is 24.3 Å². The van der Waals surface area contributed by atoms with Crippen molar-refractivity contribution in [1.29, 1.82) is 5.26 Å². The number of amides is 1. The molecular weight excluding hydrogens is 333 g/mol. The first-order valence-corrected chi connectivity index (χ1v) is 7.87. The van der Waals surface area contributed by atoms with Crippen molar-refractivity contribution in [3.8, 4) is 16.6 Å². The van der Waals surface area contributed by atoms with E-state index in [1.54, 1.807) is 19.1 Å². The zero-order valence-electron chi connectivity index (χ0n) is 12.8. The summed E-state index contributed by atoms with van der Waals surface area (Å²) in [6, 6.07) is 7.67. The summed E-state index contributed by atoms with van der Waals surface area (Å²) in [5, 5.41) is 11.4. The van der Waals surface area contributed by atoms with E-state index in [4.69, 9.17) is 10.00 Å². The Kier molecular flexibility index (Phi) is 5.98. The van der Waals surface area contributed by atoms with Crippen LogP contribution in [-0.4, -0.2) is 30.0 Å². The van der Waals surface area contributed by atoms with Gasteiger partial charge in [0.2, 0.25) is 0 Å². The maximum absolute atomic E-state index is 13.0. The van der Waals surface area contributed by atoms with E-state index < -0.39 is 18.5 Å². The van der Waals surface area contributed by atoms with Crippen LogP contribution in [0.3, 0.4) is 0 Å². The number of aromatic nitrogens is 1. The van der Waals surface area contributed by atoms with Crippen LogP contribution < -0.4 is 5.32 Å². The molecule has 0 aliphatic rings. The van der Waals surface area contributed by atoms with Gasteiger partial charge in [0.05, 0.1) is 18.2 Å². The Morgan fingerprint density at radius 3 is 2.75 bits per heavy atom. The smallest absolute Gasteiger partial charge is 0.350 e. The quantitative estimate of drug-likeness (QED) is 0.640. The molecule has 8 heteroatoms. The Morgan fingerprint density at radius 2 is 2.08 bits per heavy atom. The lowest BCUT2D eigenvalue weighted by atomic mass is 10.2. The van der Waals surface area contributed by atoms with Gasteiger partial charge in [-0.25, -0.2) is 14.2 Å². The van der Waals surface area contributed by atoms with E-state index in [0.29, 0.717) is 21.1 Å². The molecule has 0 spiro atoms. The van der Waals surface area contributed by atoms with Crippen molar-refractivity contribution in [2.75, 3.05) is 13.2 Å². The van der Waals surface area contributed by atoms with Crippen LogP contribution >= 0.6 is 11.3 Å². The maximum Gasteiger partial charge on any atom is 0.350 e. The molecule has 0 bridgehead atoms. The molecule has 1 aromatic carbocycles.